The van der Waals surface area contributed by atoms with E-state index in [0.717, 1.165) is 28.0 Å². The van der Waals surface area contributed by atoms with Crippen LogP contribution < -0.4 is 17.0 Å². The lowest BCUT2D eigenvalue weighted by Crippen LogP contribution is -2.11. The van der Waals surface area contributed by atoms with Crippen molar-refractivity contribution in [1.82, 2.24) is 9.97 Å². The van der Waals surface area contributed by atoms with E-state index < -0.39 is 0 Å². The first kappa shape index (κ1) is 11.5. The van der Waals surface area contributed by atoms with E-state index in [2.05, 4.69) is 15.4 Å². The molecule has 0 radical (unpaired) electrons. The Morgan fingerprint density at radius 1 is 1.16 bits per heavy atom. The summed E-state index contributed by atoms with van der Waals surface area (Å²) in [6.07, 6.45) is 0. The first-order chi connectivity index (χ1) is 9.17. The number of hydrazine groups is 1. The molecule has 1 aromatic carbocycles. The molecule has 0 atom stereocenters. The largest absolute Gasteiger partial charge is 0.461 e. The van der Waals surface area contributed by atoms with Gasteiger partial charge in [-0.3, -0.25) is 0 Å². The number of nitrogen functional groups attached to an aromatic ring is 2. The summed E-state index contributed by atoms with van der Waals surface area (Å²) in [5, 5.41) is 0.795. The van der Waals surface area contributed by atoms with Crippen molar-refractivity contribution in [2.75, 3.05) is 11.2 Å². The quantitative estimate of drug-likeness (QED) is 0.478. The van der Waals surface area contributed by atoms with Crippen molar-refractivity contribution in [3.05, 3.63) is 36.1 Å². The number of nitrogens with zero attached hydrogens (tertiary/aromatic N) is 2. The third-order valence-corrected chi connectivity index (χ3v) is 2.87. The van der Waals surface area contributed by atoms with E-state index in [1.165, 1.54) is 0 Å². The van der Waals surface area contributed by atoms with E-state index in [1.54, 1.807) is 0 Å². The zero-order valence-electron chi connectivity index (χ0n) is 10.3. The minimum Gasteiger partial charge on any atom is -0.461 e. The summed E-state index contributed by atoms with van der Waals surface area (Å²) < 4.78 is 5.60. The van der Waals surface area contributed by atoms with Crippen LogP contribution in [0.5, 0.6) is 0 Å². The van der Waals surface area contributed by atoms with Crippen LogP contribution in [-0.4, -0.2) is 9.97 Å². The molecule has 6 nitrogen and oxygen atoms in total. The van der Waals surface area contributed by atoms with Crippen molar-refractivity contribution < 1.29 is 4.42 Å². The smallest absolute Gasteiger partial charge is 0.222 e. The van der Waals surface area contributed by atoms with Crippen LogP contribution in [0.2, 0.25) is 0 Å². The molecule has 3 rings (SSSR count). The van der Waals surface area contributed by atoms with Crippen LogP contribution in [0.1, 0.15) is 5.76 Å². The summed E-state index contributed by atoms with van der Waals surface area (Å²) >= 11 is 0. The molecule has 2 heterocycles. The number of nitrogens with two attached hydrogens (primary N) is 2. The second-order valence-electron chi connectivity index (χ2n) is 4.22. The van der Waals surface area contributed by atoms with E-state index in [0.29, 0.717) is 5.82 Å². The molecule has 0 fully saturated rings. The van der Waals surface area contributed by atoms with Crippen molar-refractivity contribution >= 4 is 22.7 Å². The molecule has 6 heteroatoms. The molecule has 0 aliphatic heterocycles. The van der Waals surface area contributed by atoms with Gasteiger partial charge in [0.1, 0.15) is 11.5 Å². The number of furan rings is 1. The number of aromatic nitrogens is 2. The second kappa shape index (κ2) is 4.25. The van der Waals surface area contributed by atoms with E-state index >= 15 is 0 Å². The lowest BCUT2D eigenvalue weighted by atomic mass is 10.1. The molecule has 2 aromatic heterocycles. The fourth-order valence-corrected chi connectivity index (χ4v) is 2.00. The Labute approximate surface area is 109 Å². The van der Waals surface area contributed by atoms with E-state index in [1.807, 2.05) is 37.3 Å². The standard InChI is InChI=1S/C13H13N5O/c1-7-2-5-11(19-7)8-3-4-10-9(6-8)12(18-15)17-13(14)16-10/h2-6H,15H2,1H3,(H3,14,16,17,18). The highest BCUT2D eigenvalue weighted by Crippen LogP contribution is 2.28. The van der Waals surface area contributed by atoms with Crippen LogP contribution in [0.4, 0.5) is 11.8 Å². The van der Waals surface area contributed by atoms with Gasteiger partial charge < -0.3 is 15.6 Å². The second-order valence-corrected chi connectivity index (χ2v) is 4.22. The maximum atomic E-state index is 5.62. The topological polar surface area (TPSA) is 103 Å². The highest BCUT2D eigenvalue weighted by atomic mass is 16.3. The molecule has 0 saturated heterocycles. The van der Waals surface area contributed by atoms with Gasteiger partial charge in [0.15, 0.2) is 5.82 Å². The first-order valence-electron chi connectivity index (χ1n) is 5.78. The van der Waals surface area contributed by atoms with Crippen molar-refractivity contribution in [3.8, 4) is 11.3 Å². The number of nitrogens with one attached hydrogen (secondary N) is 1. The Bertz CT molecular complexity index is 750. The van der Waals surface area contributed by atoms with Crippen molar-refractivity contribution in [2.24, 2.45) is 5.84 Å². The highest BCUT2D eigenvalue weighted by molar-refractivity contribution is 5.92. The summed E-state index contributed by atoms with van der Waals surface area (Å²) in [4.78, 5) is 8.22. The van der Waals surface area contributed by atoms with Gasteiger partial charge in [-0.15, -0.1) is 0 Å². The molecule has 19 heavy (non-hydrogen) atoms. The number of anilines is 2. The number of fused-ring (bicyclic) bond motifs is 1. The van der Waals surface area contributed by atoms with Gasteiger partial charge in [-0.2, -0.15) is 4.98 Å². The Hall–Kier alpha value is -2.60. The zero-order valence-corrected chi connectivity index (χ0v) is 10.3. The molecule has 5 N–H and O–H groups in total. The van der Waals surface area contributed by atoms with Crippen molar-refractivity contribution in [1.29, 1.82) is 0 Å². The van der Waals surface area contributed by atoms with Gasteiger partial charge in [-0.25, -0.2) is 10.8 Å². The van der Waals surface area contributed by atoms with Gasteiger partial charge in [-0.1, -0.05) is 0 Å². The van der Waals surface area contributed by atoms with Crippen LogP contribution in [0.25, 0.3) is 22.2 Å². The highest BCUT2D eigenvalue weighted by Gasteiger charge is 2.09. The zero-order chi connectivity index (χ0) is 13.4. The molecule has 0 spiro atoms. The molecule has 0 saturated carbocycles. The molecule has 0 amide bonds. The molecule has 0 bridgehead atoms. The monoisotopic (exact) mass is 255 g/mol. The Kier molecular flexibility index (Phi) is 2.57. The summed E-state index contributed by atoms with van der Waals surface area (Å²) in [5.74, 6) is 7.79. The van der Waals surface area contributed by atoms with Gasteiger partial charge >= 0.3 is 0 Å². The van der Waals surface area contributed by atoms with Crippen LogP contribution in [0.15, 0.2) is 34.7 Å². The summed E-state index contributed by atoms with van der Waals surface area (Å²) in [6, 6.07) is 9.54. The fraction of sp³-hybridized carbons (Fsp3) is 0.0769. The fourth-order valence-electron chi connectivity index (χ4n) is 2.00. The predicted molar refractivity (Wildman–Crippen MR) is 74.2 cm³/mol. The predicted octanol–water partition coefficient (Wildman–Crippen LogP) is 2.07. The molecule has 3 aromatic rings. The van der Waals surface area contributed by atoms with Gasteiger partial charge in [0.25, 0.3) is 0 Å². The molecule has 0 aliphatic carbocycles. The number of benzene rings is 1. The van der Waals surface area contributed by atoms with Gasteiger partial charge in [0.05, 0.1) is 5.52 Å². The lowest BCUT2D eigenvalue weighted by Gasteiger charge is -2.06. The van der Waals surface area contributed by atoms with Crippen molar-refractivity contribution in [3.63, 3.8) is 0 Å². The summed E-state index contributed by atoms with van der Waals surface area (Å²) in [7, 11) is 0. The SMILES string of the molecule is Cc1ccc(-c2ccc3nc(N)nc(NN)c3c2)o1. The molecule has 0 aliphatic rings. The number of hydrogen-bond acceptors (Lipinski definition) is 6. The van der Waals surface area contributed by atoms with Crippen LogP contribution in [0, 0.1) is 6.92 Å². The minimum absolute atomic E-state index is 0.182. The van der Waals surface area contributed by atoms with Crippen LogP contribution >= 0.6 is 0 Å². The van der Waals surface area contributed by atoms with Gasteiger partial charge in [0.2, 0.25) is 5.95 Å². The van der Waals surface area contributed by atoms with E-state index in [4.69, 9.17) is 16.0 Å². The van der Waals surface area contributed by atoms with Gasteiger partial charge in [-0.05, 0) is 37.3 Å². The summed E-state index contributed by atoms with van der Waals surface area (Å²) in [5.41, 5.74) is 9.81. The average Bonchev–Trinajstić information content (AvgIpc) is 2.84. The Morgan fingerprint density at radius 2 is 2.00 bits per heavy atom. The molecular formula is C13H13N5O. The third kappa shape index (κ3) is 1.98. The maximum absolute atomic E-state index is 5.62. The minimum atomic E-state index is 0.182. The summed E-state index contributed by atoms with van der Waals surface area (Å²) in [6.45, 7) is 1.90. The van der Waals surface area contributed by atoms with Crippen LogP contribution in [-0.2, 0) is 0 Å². The Morgan fingerprint density at radius 3 is 2.68 bits per heavy atom. The molecule has 0 unspecified atom stereocenters. The Balaban J connectivity index is 2.22. The van der Waals surface area contributed by atoms with Gasteiger partial charge in [0, 0.05) is 10.9 Å². The lowest BCUT2D eigenvalue weighted by molar-refractivity contribution is 0.548. The first-order valence-corrected chi connectivity index (χ1v) is 5.78. The number of rotatable bonds is 2. The normalized spacial score (nSPS) is 10.8. The van der Waals surface area contributed by atoms with Crippen molar-refractivity contribution in [2.45, 2.75) is 6.92 Å². The third-order valence-electron chi connectivity index (χ3n) is 2.87. The average molecular weight is 255 g/mol. The number of hydrogen-bond donors (Lipinski definition) is 3. The number of aryl methyl sites for hydroxylation is 1. The molecule has 96 valence electrons. The van der Waals surface area contributed by atoms with E-state index in [-0.39, 0.29) is 5.95 Å². The molecular weight excluding hydrogens is 242 g/mol. The maximum Gasteiger partial charge on any atom is 0.222 e. The van der Waals surface area contributed by atoms with E-state index in [9.17, 15) is 0 Å². The van der Waals surface area contributed by atoms with Crippen LogP contribution in [0.3, 0.4) is 0 Å².